The summed E-state index contributed by atoms with van der Waals surface area (Å²) in [5, 5.41) is 21.4. The summed E-state index contributed by atoms with van der Waals surface area (Å²) in [7, 11) is 0. The van der Waals surface area contributed by atoms with E-state index in [9.17, 15) is 14.7 Å². The minimum Gasteiger partial charge on any atom is -0.465 e. The second-order valence-corrected chi connectivity index (χ2v) is 11.4. The molecule has 4 aromatic heterocycles. The third kappa shape index (κ3) is 5.03. The van der Waals surface area contributed by atoms with Gasteiger partial charge in [0.1, 0.15) is 23.7 Å². The average molecular weight is 608 g/mol. The predicted molar refractivity (Wildman–Crippen MR) is 152 cm³/mol. The van der Waals surface area contributed by atoms with Crippen LogP contribution in [0.15, 0.2) is 53.6 Å². The highest BCUT2D eigenvalue weighted by atomic mass is 35.5. The molecule has 0 spiro atoms. The number of H-pyrrole nitrogens is 1. The number of aryl methyl sites for hydroxylation is 1. The summed E-state index contributed by atoms with van der Waals surface area (Å²) >= 11 is 6.27. The number of carboxylic acid groups (broad SMARTS) is 1. The van der Waals surface area contributed by atoms with Gasteiger partial charge >= 0.3 is 6.09 Å². The highest BCUT2D eigenvalue weighted by Crippen LogP contribution is 2.35. The van der Waals surface area contributed by atoms with Gasteiger partial charge in [0.15, 0.2) is 0 Å². The van der Waals surface area contributed by atoms with Crippen molar-refractivity contribution in [3.8, 4) is 28.1 Å². The van der Waals surface area contributed by atoms with Crippen molar-refractivity contribution in [3.63, 3.8) is 0 Å². The van der Waals surface area contributed by atoms with Crippen molar-refractivity contribution in [3.05, 3.63) is 87.6 Å². The number of nitrogens with one attached hydrogen (secondary N) is 1. The second kappa shape index (κ2) is 10.4. The standard InChI is InChI=1S/C28H24ClF2N9O3/c1-28(2,3)40(27(42)43)21-9-6-17(24(30)33-21)23-25(31)35-26(34-23)20-8-5-16-10-14(11-22(41)39(16)20)18-12-15(29)4-7-19(18)38-13-32-36-37-38/h4,6-7,9-13,20H,5,8H2,1-3H3,(H,34,35)(H,42,43)/t20-/m0/s1. The Labute approximate surface area is 247 Å². The van der Waals surface area contributed by atoms with Crippen LogP contribution in [0.5, 0.6) is 0 Å². The molecule has 220 valence electrons. The first-order valence-electron chi connectivity index (χ1n) is 13.2. The Morgan fingerprint density at radius 1 is 1.12 bits per heavy atom. The summed E-state index contributed by atoms with van der Waals surface area (Å²) in [6.45, 7) is 4.92. The monoisotopic (exact) mass is 607 g/mol. The molecule has 0 fully saturated rings. The lowest BCUT2D eigenvalue weighted by Gasteiger charge is -2.32. The summed E-state index contributed by atoms with van der Waals surface area (Å²) in [4.78, 5) is 36.8. The number of nitrogens with zero attached hydrogens (tertiary/aromatic N) is 8. The van der Waals surface area contributed by atoms with Crippen molar-refractivity contribution < 1.29 is 18.7 Å². The number of benzene rings is 1. The fraction of sp³-hybridized carbons (Fsp3) is 0.250. The molecule has 0 unspecified atom stereocenters. The van der Waals surface area contributed by atoms with E-state index in [1.807, 2.05) is 6.07 Å². The molecule has 6 rings (SSSR count). The van der Waals surface area contributed by atoms with Crippen LogP contribution in [0.25, 0.3) is 28.1 Å². The summed E-state index contributed by atoms with van der Waals surface area (Å²) in [5.41, 5.74) is 0.756. The van der Waals surface area contributed by atoms with Crippen molar-refractivity contribution in [2.24, 2.45) is 0 Å². The molecule has 1 atom stereocenters. The van der Waals surface area contributed by atoms with E-state index >= 15 is 8.78 Å². The zero-order valence-electron chi connectivity index (χ0n) is 23.1. The Balaban J connectivity index is 1.35. The van der Waals surface area contributed by atoms with Gasteiger partial charge in [0.05, 0.1) is 17.3 Å². The van der Waals surface area contributed by atoms with Gasteiger partial charge in [0.25, 0.3) is 5.56 Å². The summed E-state index contributed by atoms with van der Waals surface area (Å²) in [6.07, 6.45) is 1.06. The Morgan fingerprint density at radius 2 is 1.91 bits per heavy atom. The van der Waals surface area contributed by atoms with Crippen molar-refractivity contribution in [2.75, 3.05) is 4.90 Å². The summed E-state index contributed by atoms with van der Waals surface area (Å²) in [5.74, 6) is -1.99. The third-order valence-corrected chi connectivity index (χ3v) is 7.41. The number of aromatic nitrogens is 8. The van der Waals surface area contributed by atoms with Gasteiger partial charge in [-0.3, -0.25) is 9.69 Å². The van der Waals surface area contributed by atoms with E-state index in [1.54, 1.807) is 39.0 Å². The molecule has 0 aliphatic carbocycles. The molecule has 5 heterocycles. The van der Waals surface area contributed by atoms with Crippen LogP contribution in [0.1, 0.15) is 44.8 Å². The molecular weight excluding hydrogens is 584 g/mol. The maximum atomic E-state index is 15.2. The number of halogens is 3. The van der Waals surface area contributed by atoms with Gasteiger partial charge in [-0.05, 0) is 86.0 Å². The van der Waals surface area contributed by atoms with Gasteiger partial charge in [0.2, 0.25) is 11.9 Å². The normalized spacial score (nSPS) is 14.6. The molecule has 0 saturated heterocycles. The van der Waals surface area contributed by atoms with Crippen molar-refractivity contribution in [2.45, 2.75) is 45.2 Å². The number of pyridine rings is 2. The van der Waals surface area contributed by atoms with Crippen LogP contribution in [-0.4, -0.2) is 56.5 Å². The Bertz CT molecular complexity index is 1930. The zero-order valence-corrected chi connectivity index (χ0v) is 23.8. The molecule has 2 N–H and O–H groups in total. The first kappa shape index (κ1) is 28.2. The van der Waals surface area contributed by atoms with Gasteiger partial charge in [0, 0.05) is 27.9 Å². The second-order valence-electron chi connectivity index (χ2n) is 11.0. The minimum absolute atomic E-state index is 0.142. The number of hydrogen-bond acceptors (Lipinski definition) is 7. The smallest absolute Gasteiger partial charge is 0.413 e. The lowest BCUT2D eigenvalue weighted by Crippen LogP contribution is -2.45. The SMILES string of the molecule is CC(C)(C)N(C(=O)O)c1ccc(-c2nc([C@@H]3CCc4cc(-c5cc(Cl)ccc5-n5cnnn5)cc(=O)n43)[nH]c2F)c(F)n1. The zero-order chi connectivity index (χ0) is 30.6. The first-order chi connectivity index (χ1) is 20.4. The maximum absolute atomic E-state index is 15.2. The van der Waals surface area contributed by atoms with E-state index in [-0.39, 0.29) is 28.5 Å². The predicted octanol–water partition coefficient (Wildman–Crippen LogP) is 5.03. The summed E-state index contributed by atoms with van der Waals surface area (Å²) in [6, 6.07) is 10.4. The molecule has 0 radical (unpaired) electrons. The van der Waals surface area contributed by atoms with E-state index in [2.05, 4.69) is 30.5 Å². The Kier molecular flexibility index (Phi) is 6.80. The number of imidazole rings is 1. The molecule has 15 heteroatoms. The minimum atomic E-state index is -1.31. The van der Waals surface area contributed by atoms with Gasteiger partial charge < -0.3 is 14.7 Å². The number of fused-ring (bicyclic) bond motifs is 1. The Morgan fingerprint density at radius 3 is 2.58 bits per heavy atom. The van der Waals surface area contributed by atoms with Gasteiger partial charge in [-0.15, -0.1) is 5.10 Å². The number of hydrogen-bond donors (Lipinski definition) is 2. The fourth-order valence-corrected chi connectivity index (χ4v) is 5.55. The summed E-state index contributed by atoms with van der Waals surface area (Å²) < 4.78 is 33.3. The quantitative estimate of drug-likeness (QED) is 0.265. The largest absolute Gasteiger partial charge is 0.465 e. The number of rotatable bonds is 5. The number of carbonyl (C=O) groups is 1. The van der Waals surface area contributed by atoms with Gasteiger partial charge in [-0.25, -0.2) is 14.8 Å². The average Bonchev–Trinajstić information content (AvgIpc) is 3.68. The molecule has 43 heavy (non-hydrogen) atoms. The van der Waals surface area contributed by atoms with Crippen molar-refractivity contribution >= 4 is 23.5 Å². The van der Waals surface area contributed by atoms with E-state index in [0.29, 0.717) is 40.4 Å². The lowest BCUT2D eigenvalue weighted by molar-refractivity contribution is 0.195. The van der Waals surface area contributed by atoms with Crippen molar-refractivity contribution in [1.82, 2.24) is 39.7 Å². The molecule has 1 aliphatic heterocycles. The molecule has 1 amide bonds. The first-order valence-corrected chi connectivity index (χ1v) is 13.5. The number of aromatic amines is 1. The molecule has 12 nitrogen and oxygen atoms in total. The van der Waals surface area contributed by atoms with Crippen molar-refractivity contribution in [1.29, 1.82) is 0 Å². The van der Waals surface area contributed by atoms with E-state index < -0.39 is 29.6 Å². The van der Waals surface area contributed by atoms with Crippen LogP contribution in [0.2, 0.25) is 5.02 Å². The number of anilines is 1. The maximum Gasteiger partial charge on any atom is 0.413 e. The Hall–Kier alpha value is -4.98. The van der Waals surface area contributed by atoms with Crippen LogP contribution in [0.4, 0.5) is 19.4 Å². The van der Waals surface area contributed by atoms with E-state index in [1.165, 1.54) is 33.8 Å². The van der Waals surface area contributed by atoms with Crippen LogP contribution < -0.4 is 10.5 Å². The van der Waals surface area contributed by atoms with E-state index in [4.69, 9.17) is 11.6 Å². The molecule has 5 aromatic rings. The van der Waals surface area contributed by atoms with Crippen LogP contribution in [-0.2, 0) is 6.42 Å². The van der Waals surface area contributed by atoms with Crippen LogP contribution in [0.3, 0.4) is 0 Å². The van der Waals surface area contributed by atoms with E-state index in [0.717, 1.165) is 4.90 Å². The lowest BCUT2D eigenvalue weighted by atomic mass is 10.0. The topological polar surface area (TPSA) is 148 Å². The third-order valence-electron chi connectivity index (χ3n) is 7.17. The molecule has 0 saturated carbocycles. The highest BCUT2D eigenvalue weighted by Gasteiger charge is 2.32. The molecule has 1 aliphatic rings. The van der Waals surface area contributed by atoms with Gasteiger partial charge in [-0.1, -0.05) is 11.6 Å². The van der Waals surface area contributed by atoms with Gasteiger partial charge in [-0.2, -0.15) is 13.5 Å². The van der Waals surface area contributed by atoms with Crippen LogP contribution in [0, 0.1) is 11.9 Å². The molecular formula is C28H24ClF2N9O3. The molecule has 0 bridgehead atoms. The number of tetrazole rings is 1. The highest BCUT2D eigenvalue weighted by molar-refractivity contribution is 6.31. The number of amides is 1. The molecule has 1 aromatic carbocycles. The van der Waals surface area contributed by atoms with Crippen LogP contribution >= 0.6 is 11.6 Å². The fourth-order valence-electron chi connectivity index (χ4n) is 5.38.